The largest absolute Gasteiger partial charge is 0.319 e. The molecule has 3 nitrogen and oxygen atoms in total. The minimum absolute atomic E-state index is 0.737. The van der Waals surface area contributed by atoms with Crippen molar-refractivity contribution in [2.75, 3.05) is 0 Å². The van der Waals surface area contributed by atoms with Gasteiger partial charge in [0.1, 0.15) is 0 Å². The zero-order valence-electron chi connectivity index (χ0n) is 8.00. The van der Waals surface area contributed by atoms with Crippen LogP contribution in [0.1, 0.15) is 5.56 Å². The Morgan fingerprint density at radius 3 is 2.87 bits per heavy atom. The average Bonchev–Trinajstić information content (AvgIpc) is 2.68. The first-order valence-electron chi connectivity index (χ1n) is 4.51. The summed E-state index contributed by atoms with van der Waals surface area (Å²) in [5.74, 6) is 0. The fourth-order valence-electron chi connectivity index (χ4n) is 1.33. The summed E-state index contributed by atoms with van der Waals surface area (Å²) < 4.78 is 1.96. The van der Waals surface area contributed by atoms with Crippen LogP contribution in [0.3, 0.4) is 0 Å². The van der Waals surface area contributed by atoms with E-state index in [1.807, 2.05) is 40.5 Å². The Bertz CT molecular complexity index is 531. The van der Waals surface area contributed by atoms with Gasteiger partial charge in [0, 0.05) is 18.1 Å². The van der Waals surface area contributed by atoms with Gasteiger partial charge in [0.15, 0.2) is 0 Å². The molecule has 15 heavy (non-hydrogen) atoms. The van der Waals surface area contributed by atoms with E-state index in [0.29, 0.717) is 0 Å². The van der Waals surface area contributed by atoms with Gasteiger partial charge >= 0.3 is 0 Å². The van der Waals surface area contributed by atoms with Crippen LogP contribution in [0.2, 0.25) is 0 Å². The maximum Gasteiger partial charge on any atom is 0.208 e. The van der Waals surface area contributed by atoms with Crippen LogP contribution in [0.25, 0.3) is 0 Å². The molecule has 0 N–H and O–H groups in total. The summed E-state index contributed by atoms with van der Waals surface area (Å²) in [5.41, 5.74) is 1.20. The number of hydrogen-bond donors (Lipinski definition) is 0. The van der Waals surface area contributed by atoms with Gasteiger partial charge in [-0.1, -0.05) is 30.3 Å². The molecule has 0 radical (unpaired) electrons. The van der Waals surface area contributed by atoms with Crippen molar-refractivity contribution < 1.29 is 0 Å². The minimum atomic E-state index is 0.737. The Balaban J connectivity index is 2.30. The molecule has 0 bridgehead atoms. The molecule has 0 fully saturated rings. The van der Waals surface area contributed by atoms with E-state index in [9.17, 15) is 0 Å². The SMILES string of the molecule is N#CN=c1sccn1Cc1ccccc1. The van der Waals surface area contributed by atoms with Crippen LogP contribution in [-0.2, 0) is 6.54 Å². The van der Waals surface area contributed by atoms with E-state index in [0.717, 1.165) is 11.3 Å². The van der Waals surface area contributed by atoms with E-state index >= 15 is 0 Å². The van der Waals surface area contributed by atoms with Crippen molar-refractivity contribution >= 4 is 11.3 Å². The van der Waals surface area contributed by atoms with E-state index in [-0.39, 0.29) is 0 Å². The maximum atomic E-state index is 8.51. The first-order chi connectivity index (χ1) is 7.40. The molecule has 0 amide bonds. The molecule has 0 aliphatic heterocycles. The molecule has 2 aromatic rings. The molecule has 1 aromatic heterocycles. The highest BCUT2D eigenvalue weighted by Gasteiger charge is 1.96. The topological polar surface area (TPSA) is 41.1 Å². The van der Waals surface area contributed by atoms with E-state index in [1.54, 1.807) is 0 Å². The predicted octanol–water partition coefficient (Wildman–Crippen LogP) is 1.98. The van der Waals surface area contributed by atoms with Gasteiger partial charge in [0.2, 0.25) is 11.0 Å². The van der Waals surface area contributed by atoms with E-state index < -0.39 is 0 Å². The van der Waals surface area contributed by atoms with Gasteiger partial charge in [-0.25, -0.2) is 0 Å². The van der Waals surface area contributed by atoms with Crippen molar-refractivity contribution in [1.29, 1.82) is 5.26 Å². The molecule has 0 atom stereocenters. The van der Waals surface area contributed by atoms with Crippen LogP contribution >= 0.6 is 11.3 Å². The monoisotopic (exact) mass is 215 g/mol. The first kappa shape index (κ1) is 9.69. The number of benzene rings is 1. The summed E-state index contributed by atoms with van der Waals surface area (Å²) in [5, 5.41) is 10.4. The molecule has 1 heterocycles. The molecule has 0 aliphatic carbocycles. The molecular formula is C11H9N3S. The second-order valence-corrected chi connectivity index (χ2v) is 3.88. The van der Waals surface area contributed by atoms with E-state index in [1.165, 1.54) is 16.9 Å². The van der Waals surface area contributed by atoms with Crippen molar-refractivity contribution in [3.05, 3.63) is 52.3 Å². The van der Waals surface area contributed by atoms with Crippen molar-refractivity contribution in [2.24, 2.45) is 4.99 Å². The van der Waals surface area contributed by atoms with Gasteiger partial charge in [-0.05, 0) is 5.56 Å². The van der Waals surface area contributed by atoms with Crippen molar-refractivity contribution in [1.82, 2.24) is 4.57 Å². The first-order valence-corrected chi connectivity index (χ1v) is 5.39. The molecule has 0 saturated heterocycles. The Hall–Kier alpha value is -1.86. The summed E-state index contributed by atoms with van der Waals surface area (Å²) in [6.45, 7) is 0.755. The van der Waals surface area contributed by atoms with Gasteiger partial charge in [-0.2, -0.15) is 5.26 Å². The maximum absolute atomic E-state index is 8.51. The van der Waals surface area contributed by atoms with Crippen molar-refractivity contribution in [3.8, 4) is 6.19 Å². The zero-order chi connectivity index (χ0) is 10.5. The fraction of sp³-hybridized carbons (Fsp3) is 0.0909. The predicted molar refractivity (Wildman–Crippen MR) is 59.0 cm³/mol. The molecule has 74 valence electrons. The smallest absolute Gasteiger partial charge is 0.208 e. The van der Waals surface area contributed by atoms with Crippen molar-refractivity contribution in [3.63, 3.8) is 0 Å². The average molecular weight is 215 g/mol. The molecule has 2 rings (SSSR count). The highest BCUT2D eigenvalue weighted by molar-refractivity contribution is 7.07. The second kappa shape index (κ2) is 4.58. The van der Waals surface area contributed by atoms with Gasteiger partial charge in [0.05, 0.1) is 0 Å². The van der Waals surface area contributed by atoms with E-state index in [4.69, 9.17) is 5.26 Å². The van der Waals surface area contributed by atoms with E-state index in [2.05, 4.69) is 17.1 Å². The summed E-state index contributed by atoms with van der Waals surface area (Å²) in [4.78, 5) is 4.49. The number of rotatable bonds is 2. The highest BCUT2D eigenvalue weighted by Crippen LogP contribution is 2.01. The Labute approximate surface area is 91.6 Å². The number of aromatic nitrogens is 1. The Kier molecular flexibility index (Phi) is 2.96. The van der Waals surface area contributed by atoms with Crippen LogP contribution in [0.4, 0.5) is 0 Å². The fourth-order valence-corrected chi connectivity index (χ4v) is 2.01. The number of thiazole rings is 1. The summed E-state index contributed by atoms with van der Waals surface area (Å²) in [6, 6.07) is 10.1. The second-order valence-electron chi connectivity index (χ2n) is 3.01. The van der Waals surface area contributed by atoms with Gasteiger partial charge < -0.3 is 4.57 Å². The van der Waals surface area contributed by atoms with Crippen LogP contribution in [0, 0.1) is 11.5 Å². The normalized spacial score (nSPS) is 11.3. The zero-order valence-corrected chi connectivity index (χ0v) is 8.81. The molecule has 0 saturated carbocycles. The van der Waals surface area contributed by atoms with Gasteiger partial charge in [-0.15, -0.1) is 16.3 Å². The lowest BCUT2D eigenvalue weighted by atomic mass is 10.2. The summed E-state index contributed by atoms with van der Waals surface area (Å²) in [6.07, 6.45) is 3.75. The molecule has 0 aliphatic rings. The quantitative estimate of drug-likeness (QED) is 0.706. The lowest BCUT2D eigenvalue weighted by Crippen LogP contribution is -2.14. The minimum Gasteiger partial charge on any atom is -0.319 e. The van der Waals surface area contributed by atoms with Crippen LogP contribution < -0.4 is 4.80 Å². The Morgan fingerprint density at radius 2 is 2.13 bits per heavy atom. The number of hydrogen-bond acceptors (Lipinski definition) is 3. The lowest BCUT2D eigenvalue weighted by Gasteiger charge is -2.01. The lowest BCUT2D eigenvalue weighted by molar-refractivity contribution is 0.770. The third-order valence-electron chi connectivity index (χ3n) is 2.00. The summed E-state index contributed by atoms with van der Waals surface area (Å²) >= 11 is 1.47. The molecule has 0 unspecified atom stereocenters. The standard InChI is InChI=1S/C11H9N3S/c12-9-13-11-14(6-7-15-11)8-10-4-2-1-3-5-10/h1-7H,8H2. The van der Waals surface area contributed by atoms with Gasteiger partial charge in [-0.3, -0.25) is 0 Å². The highest BCUT2D eigenvalue weighted by atomic mass is 32.1. The van der Waals surface area contributed by atoms with Crippen LogP contribution in [-0.4, -0.2) is 4.57 Å². The molecule has 4 heteroatoms. The van der Waals surface area contributed by atoms with Crippen molar-refractivity contribution in [2.45, 2.75) is 6.54 Å². The summed E-state index contributed by atoms with van der Waals surface area (Å²) in [7, 11) is 0. The third kappa shape index (κ3) is 2.33. The molecule has 1 aromatic carbocycles. The molecular weight excluding hydrogens is 206 g/mol. The number of nitriles is 1. The number of nitrogens with zero attached hydrogens (tertiary/aromatic N) is 3. The Morgan fingerprint density at radius 1 is 1.33 bits per heavy atom. The van der Waals surface area contributed by atoms with Gasteiger partial charge in [0.25, 0.3) is 0 Å². The molecule has 0 spiro atoms. The van der Waals surface area contributed by atoms with Crippen LogP contribution in [0.15, 0.2) is 46.9 Å². The van der Waals surface area contributed by atoms with Crippen LogP contribution in [0.5, 0.6) is 0 Å². The third-order valence-corrected chi connectivity index (χ3v) is 2.80.